The maximum atomic E-state index is 12.6. The standard InChI is InChI=1S/C18H26N2O3/c1-3-16(13(2)17(19)21)18(22)20-11-9-15(10-12-20)23-14-7-5-4-6-8-14/h4-8,13,15-16H,3,9-12H2,1-2H3,(H2,19,21). The summed E-state index contributed by atoms with van der Waals surface area (Å²) in [7, 11) is 0. The maximum absolute atomic E-state index is 12.6. The van der Waals surface area contributed by atoms with E-state index in [4.69, 9.17) is 10.5 Å². The van der Waals surface area contributed by atoms with E-state index in [2.05, 4.69) is 0 Å². The molecule has 1 aliphatic rings. The van der Waals surface area contributed by atoms with Crippen molar-refractivity contribution in [3.63, 3.8) is 0 Å². The number of ether oxygens (including phenoxy) is 1. The number of amides is 2. The summed E-state index contributed by atoms with van der Waals surface area (Å²) in [5.74, 6) is -0.250. The topological polar surface area (TPSA) is 72.6 Å². The number of likely N-dealkylation sites (tertiary alicyclic amines) is 1. The van der Waals surface area contributed by atoms with Gasteiger partial charge in [-0.3, -0.25) is 9.59 Å². The van der Waals surface area contributed by atoms with Crippen LogP contribution in [0.15, 0.2) is 30.3 Å². The maximum Gasteiger partial charge on any atom is 0.226 e. The third-order valence-electron chi connectivity index (χ3n) is 4.61. The Bertz CT molecular complexity index is 524. The van der Waals surface area contributed by atoms with Gasteiger partial charge in [0.05, 0.1) is 0 Å². The van der Waals surface area contributed by atoms with Crippen molar-refractivity contribution in [2.75, 3.05) is 13.1 Å². The molecule has 0 bridgehead atoms. The van der Waals surface area contributed by atoms with Gasteiger partial charge in [-0.25, -0.2) is 0 Å². The highest BCUT2D eigenvalue weighted by Gasteiger charge is 2.33. The van der Waals surface area contributed by atoms with Crippen LogP contribution in [0.3, 0.4) is 0 Å². The molecule has 1 aliphatic heterocycles. The molecule has 2 rings (SSSR count). The molecule has 23 heavy (non-hydrogen) atoms. The monoisotopic (exact) mass is 318 g/mol. The van der Waals surface area contributed by atoms with Crippen LogP contribution in [0.1, 0.15) is 33.1 Å². The fourth-order valence-electron chi connectivity index (χ4n) is 3.06. The molecular formula is C18H26N2O3. The molecule has 2 amide bonds. The number of benzene rings is 1. The van der Waals surface area contributed by atoms with Crippen molar-refractivity contribution in [1.29, 1.82) is 0 Å². The number of nitrogens with two attached hydrogens (primary N) is 1. The Morgan fingerprint density at radius 1 is 1.26 bits per heavy atom. The van der Waals surface area contributed by atoms with Gasteiger partial charge in [-0.15, -0.1) is 0 Å². The zero-order valence-corrected chi connectivity index (χ0v) is 13.9. The van der Waals surface area contributed by atoms with Crippen LogP contribution in [0.25, 0.3) is 0 Å². The van der Waals surface area contributed by atoms with Gasteiger partial charge in [0, 0.05) is 37.8 Å². The minimum absolute atomic E-state index is 0.0389. The van der Waals surface area contributed by atoms with Crippen LogP contribution in [0.4, 0.5) is 0 Å². The van der Waals surface area contributed by atoms with E-state index in [1.807, 2.05) is 42.2 Å². The summed E-state index contributed by atoms with van der Waals surface area (Å²) in [6.45, 7) is 4.99. The van der Waals surface area contributed by atoms with Crippen molar-refractivity contribution < 1.29 is 14.3 Å². The van der Waals surface area contributed by atoms with E-state index in [9.17, 15) is 9.59 Å². The van der Waals surface area contributed by atoms with Crippen LogP contribution in [-0.4, -0.2) is 35.9 Å². The molecule has 2 unspecified atom stereocenters. The van der Waals surface area contributed by atoms with Crippen LogP contribution in [0.5, 0.6) is 5.75 Å². The largest absolute Gasteiger partial charge is 0.490 e. The zero-order valence-electron chi connectivity index (χ0n) is 13.9. The number of hydrogen-bond donors (Lipinski definition) is 1. The highest BCUT2D eigenvalue weighted by Crippen LogP contribution is 2.23. The number of carbonyl (C=O) groups is 2. The summed E-state index contributed by atoms with van der Waals surface area (Å²) >= 11 is 0. The first-order chi connectivity index (χ1) is 11.0. The predicted octanol–water partition coefficient (Wildman–Crippen LogP) is 2.20. The molecule has 1 heterocycles. The highest BCUT2D eigenvalue weighted by atomic mass is 16.5. The molecule has 0 aliphatic carbocycles. The lowest BCUT2D eigenvalue weighted by atomic mass is 9.89. The molecule has 5 nitrogen and oxygen atoms in total. The molecule has 5 heteroatoms. The van der Waals surface area contributed by atoms with Crippen molar-refractivity contribution in [3.05, 3.63) is 30.3 Å². The summed E-state index contributed by atoms with van der Waals surface area (Å²) in [5, 5.41) is 0. The molecule has 2 N–H and O–H groups in total. The number of carbonyl (C=O) groups excluding carboxylic acids is 2. The second kappa shape index (κ2) is 7.99. The molecule has 2 atom stereocenters. The summed E-state index contributed by atoms with van der Waals surface area (Å²) in [5.41, 5.74) is 5.36. The Labute approximate surface area is 137 Å². The number of hydrogen-bond acceptors (Lipinski definition) is 3. The first-order valence-corrected chi connectivity index (χ1v) is 8.32. The van der Waals surface area contributed by atoms with E-state index >= 15 is 0 Å². The second-order valence-electron chi connectivity index (χ2n) is 6.16. The van der Waals surface area contributed by atoms with E-state index in [1.54, 1.807) is 6.92 Å². The molecule has 1 fully saturated rings. The highest BCUT2D eigenvalue weighted by molar-refractivity contribution is 5.86. The second-order valence-corrected chi connectivity index (χ2v) is 6.16. The average Bonchev–Trinajstić information content (AvgIpc) is 2.56. The average molecular weight is 318 g/mol. The number of piperidine rings is 1. The number of primary amides is 1. The molecule has 1 saturated heterocycles. The SMILES string of the molecule is CCC(C(=O)N1CCC(Oc2ccccc2)CC1)C(C)C(N)=O. The fourth-order valence-corrected chi connectivity index (χ4v) is 3.06. The molecule has 0 saturated carbocycles. The van der Waals surface area contributed by atoms with Crippen LogP contribution in [0, 0.1) is 11.8 Å². The van der Waals surface area contributed by atoms with Crippen LogP contribution < -0.4 is 10.5 Å². The number of para-hydroxylation sites is 1. The van der Waals surface area contributed by atoms with Crippen molar-refractivity contribution in [3.8, 4) is 5.75 Å². The Morgan fingerprint density at radius 2 is 1.87 bits per heavy atom. The number of rotatable bonds is 6. The molecule has 0 spiro atoms. The Morgan fingerprint density at radius 3 is 2.39 bits per heavy atom. The quantitative estimate of drug-likeness (QED) is 0.874. The third-order valence-corrected chi connectivity index (χ3v) is 4.61. The first kappa shape index (κ1) is 17.3. The molecular weight excluding hydrogens is 292 g/mol. The van der Waals surface area contributed by atoms with Gasteiger partial charge in [-0.1, -0.05) is 32.0 Å². The van der Waals surface area contributed by atoms with Gasteiger partial charge in [0.2, 0.25) is 11.8 Å². The predicted molar refractivity (Wildman–Crippen MR) is 88.8 cm³/mol. The zero-order chi connectivity index (χ0) is 16.8. The van der Waals surface area contributed by atoms with E-state index in [-0.39, 0.29) is 17.9 Å². The summed E-state index contributed by atoms with van der Waals surface area (Å²) in [6.07, 6.45) is 2.38. The van der Waals surface area contributed by atoms with Gasteiger partial charge in [-0.2, -0.15) is 0 Å². The Kier molecular flexibility index (Phi) is 6.02. The summed E-state index contributed by atoms with van der Waals surface area (Å²) in [4.78, 5) is 25.8. The van der Waals surface area contributed by atoms with Gasteiger partial charge >= 0.3 is 0 Å². The normalized spacial score (nSPS) is 18.3. The molecule has 126 valence electrons. The van der Waals surface area contributed by atoms with Gasteiger partial charge < -0.3 is 15.4 Å². The van der Waals surface area contributed by atoms with E-state index in [0.29, 0.717) is 19.5 Å². The van der Waals surface area contributed by atoms with Crippen molar-refractivity contribution >= 4 is 11.8 Å². The first-order valence-electron chi connectivity index (χ1n) is 8.32. The Balaban J connectivity index is 1.88. The lowest BCUT2D eigenvalue weighted by Crippen LogP contribution is -2.46. The van der Waals surface area contributed by atoms with Crippen molar-refractivity contribution in [2.45, 2.75) is 39.2 Å². The van der Waals surface area contributed by atoms with Gasteiger partial charge in [0.15, 0.2) is 0 Å². The molecule has 0 aromatic heterocycles. The lowest BCUT2D eigenvalue weighted by Gasteiger charge is -2.35. The minimum Gasteiger partial charge on any atom is -0.490 e. The van der Waals surface area contributed by atoms with Gasteiger partial charge in [-0.05, 0) is 18.6 Å². The summed E-state index contributed by atoms with van der Waals surface area (Å²) < 4.78 is 5.94. The van der Waals surface area contributed by atoms with Crippen LogP contribution in [0.2, 0.25) is 0 Å². The fraction of sp³-hybridized carbons (Fsp3) is 0.556. The lowest BCUT2D eigenvalue weighted by molar-refractivity contribution is -0.142. The smallest absolute Gasteiger partial charge is 0.226 e. The van der Waals surface area contributed by atoms with E-state index in [0.717, 1.165) is 18.6 Å². The van der Waals surface area contributed by atoms with Crippen molar-refractivity contribution in [1.82, 2.24) is 4.90 Å². The minimum atomic E-state index is -0.425. The van der Waals surface area contributed by atoms with Gasteiger partial charge in [0.25, 0.3) is 0 Å². The third kappa shape index (κ3) is 4.47. The molecule has 0 radical (unpaired) electrons. The molecule has 1 aromatic carbocycles. The van der Waals surface area contributed by atoms with Crippen LogP contribution >= 0.6 is 0 Å². The number of nitrogens with zero attached hydrogens (tertiary/aromatic N) is 1. The van der Waals surface area contributed by atoms with Crippen molar-refractivity contribution in [2.24, 2.45) is 17.6 Å². The Hall–Kier alpha value is -2.04. The molecule has 1 aromatic rings. The van der Waals surface area contributed by atoms with Crippen LogP contribution in [-0.2, 0) is 9.59 Å². The van der Waals surface area contributed by atoms with Gasteiger partial charge in [0.1, 0.15) is 11.9 Å². The van der Waals surface area contributed by atoms with E-state index in [1.165, 1.54) is 0 Å². The summed E-state index contributed by atoms with van der Waals surface area (Å²) in [6, 6.07) is 9.74. The van der Waals surface area contributed by atoms with E-state index < -0.39 is 11.8 Å².